The van der Waals surface area contributed by atoms with Gasteiger partial charge >= 0.3 is 5.69 Å². The summed E-state index contributed by atoms with van der Waals surface area (Å²) in [6.07, 6.45) is -0.0880. The van der Waals surface area contributed by atoms with Gasteiger partial charge in [-0.05, 0) is 33.5 Å². The van der Waals surface area contributed by atoms with Crippen LogP contribution in [0, 0.1) is 0 Å². The number of thiophene rings is 1. The monoisotopic (exact) mass is 414 g/mol. The summed E-state index contributed by atoms with van der Waals surface area (Å²) in [5.74, 6) is -0.297. The number of benzene rings is 1. The van der Waals surface area contributed by atoms with Gasteiger partial charge in [0.2, 0.25) is 5.91 Å². The minimum atomic E-state index is -0.439. The molecule has 0 unspecified atom stereocenters. The van der Waals surface area contributed by atoms with Crippen molar-refractivity contribution in [2.45, 2.75) is 19.2 Å². The zero-order chi connectivity index (χ0) is 20.1. The molecule has 1 N–H and O–H groups in total. The molecule has 152 valence electrons. The highest BCUT2D eigenvalue weighted by molar-refractivity contribution is 7.12. The van der Waals surface area contributed by atoms with E-state index in [1.807, 2.05) is 29.6 Å². The highest BCUT2D eigenvalue weighted by atomic mass is 32.1. The number of hydrogen-bond acceptors (Lipinski definition) is 7. The van der Waals surface area contributed by atoms with Crippen LogP contribution in [0.15, 0.2) is 52.6 Å². The highest BCUT2D eigenvalue weighted by Crippen LogP contribution is 2.11. The van der Waals surface area contributed by atoms with Gasteiger partial charge in [-0.15, -0.1) is 11.3 Å². The zero-order valence-electron chi connectivity index (χ0n) is 15.8. The first-order valence-corrected chi connectivity index (χ1v) is 10.3. The summed E-state index contributed by atoms with van der Waals surface area (Å²) in [6, 6.07) is 13.9. The van der Waals surface area contributed by atoms with Crippen LogP contribution in [0.1, 0.15) is 5.56 Å². The maximum atomic E-state index is 12.3. The predicted molar refractivity (Wildman–Crippen MR) is 108 cm³/mol. The first-order valence-electron chi connectivity index (χ1n) is 9.40. The largest absolute Gasteiger partial charge is 0.374 e. The van der Waals surface area contributed by atoms with E-state index < -0.39 is 5.69 Å². The molecule has 0 radical (unpaired) electrons. The van der Waals surface area contributed by atoms with Crippen molar-refractivity contribution in [2.24, 2.45) is 0 Å². The van der Waals surface area contributed by atoms with E-state index in [1.54, 1.807) is 6.07 Å². The molecule has 2 aromatic heterocycles. The number of carbonyl (C=O) groups is 1. The molecule has 1 amide bonds. The van der Waals surface area contributed by atoms with Crippen LogP contribution in [0.3, 0.4) is 0 Å². The normalized spacial score (nSPS) is 17.3. The van der Waals surface area contributed by atoms with Crippen molar-refractivity contribution in [1.29, 1.82) is 0 Å². The summed E-state index contributed by atoms with van der Waals surface area (Å²) in [6.45, 7) is 3.30. The maximum Gasteiger partial charge on any atom is 0.369 e. The van der Waals surface area contributed by atoms with Gasteiger partial charge in [0.05, 0.1) is 12.7 Å². The molecular formula is C19H22N6O3S. The third-order valence-electron chi connectivity index (χ3n) is 4.65. The standard InChI is InChI=1S/C19H22N6O3S/c26-17(14-24-19(27)25(22-21-24)18-7-4-10-29-18)20-11-16-13-23(8-9-28-16)12-15-5-2-1-3-6-15/h1-7,10,16H,8-9,11-14H2,(H,20,26)/t16-/m0/s1. The summed E-state index contributed by atoms with van der Waals surface area (Å²) >= 11 is 1.38. The van der Waals surface area contributed by atoms with E-state index in [1.165, 1.54) is 21.6 Å². The molecule has 1 aliphatic rings. The van der Waals surface area contributed by atoms with Gasteiger partial charge < -0.3 is 10.1 Å². The van der Waals surface area contributed by atoms with E-state index in [0.29, 0.717) is 18.2 Å². The molecule has 9 nitrogen and oxygen atoms in total. The molecule has 1 atom stereocenters. The molecule has 10 heteroatoms. The van der Waals surface area contributed by atoms with Crippen molar-refractivity contribution < 1.29 is 9.53 Å². The second-order valence-electron chi connectivity index (χ2n) is 6.80. The smallest absolute Gasteiger partial charge is 0.369 e. The molecule has 1 fully saturated rings. The first-order chi connectivity index (χ1) is 14.2. The van der Waals surface area contributed by atoms with Crippen LogP contribution in [0.5, 0.6) is 0 Å². The lowest BCUT2D eigenvalue weighted by Crippen LogP contribution is -2.47. The Labute approximate surface area is 171 Å². The fourth-order valence-corrected chi connectivity index (χ4v) is 3.88. The van der Waals surface area contributed by atoms with E-state index in [4.69, 9.17) is 4.74 Å². The maximum absolute atomic E-state index is 12.3. The molecule has 3 heterocycles. The predicted octanol–water partition coefficient (Wildman–Crippen LogP) is 0.508. The van der Waals surface area contributed by atoms with Crippen LogP contribution in [0.4, 0.5) is 0 Å². The number of nitrogens with zero attached hydrogens (tertiary/aromatic N) is 5. The van der Waals surface area contributed by atoms with Crippen molar-refractivity contribution in [3.05, 3.63) is 63.9 Å². The highest BCUT2D eigenvalue weighted by Gasteiger charge is 2.21. The fraction of sp³-hybridized carbons (Fsp3) is 0.368. The van der Waals surface area contributed by atoms with Crippen molar-refractivity contribution in [3.63, 3.8) is 0 Å². The first kappa shape index (κ1) is 19.5. The van der Waals surface area contributed by atoms with Crippen LogP contribution in [-0.4, -0.2) is 62.9 Å². The second kappa shape index (κ2) is 9.12. The quantitative estimate of drug-likeness (QED) is 0.605. The van der Waals surface area contributed by atoms with Gasteiger partial charge in [-0.25, -0.2) is 4.79 Å². The molecular weight excluding hydrogens is 392 g/mol. The van der Waals surface area contributed by atoms with Crippen molar-refractivity contribution in [1.82, 2.24) is 30.0 Å². The van der Waals surface area contributed by atoms with Gasteiger partial charge in [0.1, 0.15) is 11.5 Å². The van der Waals surface area contributed by atoms with E-state index in [0.717, 1.165) is 24.3 Å². The Hall–Kier alpha value is -2.82. The summed E-state index contributed by atoms with van der Waals surface area (Å²) in [5, 5.41) is 13.0. The van der Waals surface area contributed by atoms with Crippen LogP contribution < -0.4 is 11.0 Å². The third-order valence-corrected chi connectivity index (χ3v) is 5.49. The van der Waals surface area contributed by atoms with Crippen LogP contribution >= 0.6 is 11.3 Å². The summed E-state index contributed by atoms with van der Waals surface area (Å²) in [7, 11) is 0. The number of tetrazole rings is 1. The number of morpholine rings is 1. The SMILES string of the molecule is O=C(Cn1nnn(-c2cccs2)c1=O)NC[C@H]1CN(Cc2ccccc2)CCO1. The number of ether oxygens (including phenoxy) is 1. The molecule has 4 rings (SSSR count). The molecule has 1 saturated heterocycles. The zero-order valence-corrected chi connectivity index (χ0v) is 16.6. The van der Waals surface area contributed by atoms with Crippen molar-refractivity contribution in [2.75, 3.05) is 26.2 Å². The molecule has 0 bridgehead atoms. The Morgan fingerprint density at radius 3 is 2.86 bits per heavy atom. The summed E-state index contributed by atoms with van der Waals surface area (Å²) in [5.41, 5.74) is 0.816. The van der Waals surface area contributed by atoms with Gasteiger partial charge in [-0.1, -0.05) is 30.3 Å². The van der Waals surface area contributed by atoms with Crippen molar-refractivity contribution in [3.8, 4) is 5.00 Å². The summed E-state index contributed by atoms with van der Waals surface area (Å²) < 4.78 is 8.01. The van der Waals surface area contributed by atoms with Crippen LogP contribution in [0.2, 0.25) is 0 Å². The number of nitrogens with one attached hydrogen (secondary N) is 1. The number of amides is 1. The van der Waals surface area contributed by atoms with E-state index >= 15 is 0 Å². The molecule has 0 aliphatic carbocycles. The lowest BCUT2D eigenvalue weighted by Gasteiger charge is -2.33. The van der Waals surface area contributed by atoms with Gasteiger partial charge in [-0.2, -0.15) is 9.36 Å². The summed E-state index contributed by atoms with van der Waals surface area (Å²) in [4.78, 5) is 26.9. The molecule has 1 aromatic carbocycles. The molecule has 0 spiro atoms. The molecule has 1 aliphatic heterocycles. The Bertz CT molecular complexity index is 985. The van der Waals surface area contributed by atoms with E-state index in [-0.39, 0.29) is 18.6 Å². The molecule has 29 heavy (non-hydrogen) atoms. The Balaban J connectivity index is 1.27. The van der Waals surface area contributed by atoms with E-state index in [2.05, 4.69) is 32.8 Å². The Kier molecular flexibility index (Phi) is 6.13. The van der Waals surface area contributed by atoms with Gasteiger partial charge in [0.25, 0.3) is 0 Å². The Morgan fingerprint density at radius 1 is 1.21 bits per heavy atom. The topological polar surface area (TPSA) is 94.3 Å². The average Bonchev–Trinajstić information content (AvgIpc) is 3.38. The Morgan fingerprint density at radius 2 is 2.07 bits per heavy atom. The minimum Gasteiger partial charge on any atom is -0.374 e. The van der Waals surface area contributed by atoms with Gasteiger partial charge in [-0.3, -0.25) is 9.69 Å². The van der Waals surface area contributed by atoms with Gasteiger partial charge in [0.15, 0.2) is 0 Å². The van der Waals surface area contributed by atoms with Crippen LogP contribution in [0.25, 0.3) is 5.00 Å². The second-order valence-corrected chi connectivity index (χ2v) is 7.73. The number of hydrogen-bond donors (Lipinski definition) is 1. The van der Waals surface area contributed by atoms with Crippen LogP contribution in [-0.2, 0) is 22.6 Å². The van der Waals surface area contributed by atoms with Crippen molar-refractivity contribution >= 4 is 17.2 Å². The number of rotatable bonds is 7. The lowest BCUT2D eigenvalue weighted by molar-refractivity contribution is -0.123. The molecule has 3 aromatic rings. The third kappa shape index (κ3) is 4.97. The molecule has 0 saturated carbocycles. The number of aromatic nitrogens is 4. The minimum absolute atomic E-state index is 0.0880. The number of carbonyl (C=O) groups excluding carboxylic acids is 1. The van der Waals surface area contributed by atoms with Gasteiger partial charge in [0, 0.05) is 26.2 Å². The fourth-order valence-electron chi connectivity index (χ4n) is 3.21. The lowest BCUT2D eigenvalue weighted by atomic mass is 10.2. The van der Waals surface area contributed by atoms with E-state index in [9.17, 15) is 9.59 Å². The average molecular weight is 414 g/mol.